The normalized spacial score (nSPS) is 23.8. The second kappa shape index (κ2) is 5.36. The number of piperidine rings is 1. The van der Waals surface area contributed by atoms with E-state index in [2.05, 4.69) is 15.6 Å². The van der Waals surface area contributed by atoms with E-state index in [1.807, 2.05) is 0 Å². The Kier molecular flexibility index (Phi) is 3.59. The van der Waals surface area contributed by atoms with Crippen molar-refractivity contribution in [1.29, 1.82) is 5.26 Å². The number of hydrogen-bond donors (Lipinski definition) is 2. The number of imide groups is 1. The molecule has 3 rings (SSSR count). The fourth-order valence-corrected chi connectivity index (χ4v) is 2.97. The van der Waals surface area contributed by atoms with Gasteiger partial charge in [-0.3, -0.25) is 10.1 Å². The van der Waals surface area contributed by atoms with E-state index in [4.69, 9.17) is 5.26 Å². The number of nitrogens with one attached hydrogen (secondary N) is 2. The van der Waals surface area contributed by atoms with Crippen molar-refractivity contribution in [1.82, 2.24) is 15.6 Å². The first-order valence-electron chi connectivity index (χ1n) is 7.11. The van der Waals surface area contributed by atoms with Crippen LogP contribution < -0.4 is 15.5 Å². The third-order valence-electron chi connectivity index (χ3n) is 4.08. The molecule has 126 valence electrons. The number of alkyl halides is 3. The van der Waals surface area contributed by atoms with E-state index in [0.717, 1.165) is 6.07 Å². The lowest BCUT2D eigenvalue weighted by Crippen LogP contribution is -2.58. The fraction of sp³-hybridized carbons (Fsp3) is 0.429. The van der Waals surface area contributed by atoms with Crippen molar-refractivity contribution in [2.24, 2.45) is 0 Å². The third kappa shape index (κ3) is 2.73. The summed E-state index contributed by atoms with van der Waals surface area (Å²) >= 11 is 0. The Morgan fingerprint density at radius 3 is 2.67 bits per heavy atom. The lowest BCUT2D eigenvalue weighted by Gasteiger charge is -2.38. The van der Waals surface area contributed by atoms with Gasteiger partial charge in [-0.2, -0.15) is 18.4 Å². The molecule has 1 unspecified atom stereocenters. The summed E-state index contributed by atoms with van der Waals surface area (Å²) in [6.07, 6.45) is -3.76. The molecule has 2 aliphatic heterocycles. The number of nitriles is 1. The molecule has 1 atom stereocenters. The predicted octanol–water partition coefficient (Wildman–Crippen LogP) is 1.15. The summed E-state index contributed by atoms with van der Waals surface area (Å²) in [5.74, 6) is -0.556. The molecule has 0 aliphatic carbocycles. The number of carbonyl (C=O) groups excluding carboxylic acids is 2. The summed E-state index contributed by atoms with van der Waals surface area (Å²) in [5.41, 5.74) is -2.53. The van der Waals surface area contributed by atoms with Gasteiger partial charge in [0.05, 0.1) is 12.1 Å². The highest BCUT2D eigenvalue weighted by atomic mass is 19.4. The molecule has 0 saturated carbocycles. The first-order chi connectivity index (χ1) is 11.2. The highest BCUT2D eigenvalue weighted by molar-refractivity contribution is 6.07. The number of nitrogens with zero attached hydrogens (tertiary/aromatic N) is 3. The Morgan fingerprint density at radius 2 is 2.08 bits per heavy atom. The number of rotatable bonds is 1. The highest BCUT2D eigenvalue weighted by Gasteiger charge is 2.49. The molecule has 1 spiro atoms. The van der Waals surface area contributed by atoms with Crippen LogP contribution >= 0.6 is 0 Å². The van der Waals surface area contributed by atoms with Gasteiger partial charge in [0.25, 0.3) is 5.91 Å². The zero-order chi connectivity index (χ0) is 17.5. The molecule has 7 nitrogen and oxygen atoms in total. The summed E-state index contributed by atoms with van der Waals surface area (Å²) in [7, 11) is 0. The molecule has 1 aromatic rings. The zero-order valence-corrected chi connectivity index (χ0v) is 12.3. The number of amides is 3. The Morgan fingerprint density at radius 1 is 1.33 bits per heavy atom. The maximum absolute atomic E-state index is 13.0. The minimum atomic E-state index is -4.62. The number of pyridine rings is 1. The Labute approximate surface area is 134 Å². The van der Waals surface area contributed by atoms with Crippen molar-refractivity contribution >= 4 is 17.8 Å². The molecule has 3 heterocycles. The molecule has 0 bridgehead atoms. The molecular formula is C14H12F3N5O2. The van der Waals surface area contributed by atoms with Gasteiger partial charge in [-0.15, -0.1) is 0 Å². The van der Waals surface area contributed by atoms with Crippen molar-refractivity contribution in [3.05, 3.63) is 23.4 Å². The van der Waals surface area contributed by atoms with Crippen LogP contribution in [0.2, 0.25) is 0 Å². The number of anilines is 1. The summed E-state index contributed by atoms with van der Waals surface area (Å²) in [6, 6.07) is 2.50. The van der Waals surface area contributed by atoms with E-state index in [0.29, 0.717) is 25.5 Å². The van der Waals surface area contributed by atoms with Crippen LogP contribution in [0, 0.1) is 11.3 Å². The minimum absolute atomic E-state index is 0.0102. The van der Waals surface area contributed by atoms with Crippen LogP contribution in [0.3, 0.4) is 0 Å². The Hall–Kier alpha value is -2.83. The molecule has 1 aromatic heterocycles. The molecule has 0 aromatic carbocycles. The number of halogens is 3. The van der Waals surface area contributed by atoms with Crippen LogP contribution in [0.5, 0.6) is 0 Å². The number of carbonyl (C=O) groups is 2. The predicted molar refractivity (Wildman–Crippen MR) is 74.8 cm³/mol. The molecule has 2 saturated heterocycles. The van der Waals surface area contributed by atoms with Gasteiger partial charge in [0, 0.05) is 6.54 Å². The molecule has 2 aliphatic rings. The lowest BCUT2D eigenvalue weighted by molar-refractivity contribution is -0.137. The molecule has 0 radical (unpaired) electrons. The van der Waals surface area contributed by atoms with E-state index >= 15 is 0 Å². The van der Waals surface area contributed by atoms with E-state index in [1.54, 1.807) is 6.07 Å². The van der Waals surface area contributed by atoms with Gasteiger partial charge in [-0.25, -0.2) is 9.78 Å². The van der Waals surface area contributed by atoms with Crippen molar-refractivity contribution in [3.63, 3.8) is 0 Å². The van der Waals surface area contributed by atoms with Gasteiger partial charge < -0.3 is 10.2 Å². The average Bonchev–Trinajstić information content (AvgIpc) is 2.79. The lowest BCUT2D eigenvalue weighted by atomic mass is 9.89. The quantitative estimate of drug-likeness (QED) is 0.748. The second-order valence-corrected chi connectivity index (χ2v) is 5.72. The number of hydrogen-bond acceptors (Lipinski definition) is 5. The van der Waals surface area contributed by atoms with Crippen molar-refractivity contribution in [2.45, 2.75) is 24.6 Å². The Bertz CT molecular complexity index is 758. The van der Waals surface area contributed by atoms with Crippen molar-refractivity contribution in [3.8, 4) is 6.07 Å². The van der Waals surface area contributed by atoms with Crippen molar-refractivity contribution < 1.29 is 22.8 Å². The van der Waals surface area contributed by atoms with Crippen LogP contribution in [0.1, 0.15) is 24.1 Å². The summed E-state index contributed by atoms with van der Waals surface area (Å²) in [6.45, 7) is 0.355. The minimum Gasteiger partial charge on any atom is -0.354 e. The van der Waals surface area contributed by atoms with Gasteiger partial charge in [0.15, 0.2) is 0 Å². The van der Waals surface area contributed by atoms with E-state index in [1.165, 1.54) is 4.90 Å². The van der Waals surface area contributed by atoms with Gasteiger partial charge in [0.2, 0.25) is 0 Å². The van der Waals surface area contributed by atoms with Crippen LogP contribution in [0.25, 0.3) is 0 Å². The number of urea groups is 1. The van der Waals surface area contributed by atoms with Crippen LogP contribution in [0.15, 0.2) is 12.1 Å². The van der Waals surface area contributed by atoms with Gasteiger partial charge >= 0.3 is 12.2 Å². The third-order valence-corrected chi connectivity index (χ3v) is 4.08. The zero-order valence-electron chi connectivity index (χ0n) is 12.3. The second-order valence-electron chi connectivity index (χ2n) is 5.72. The monoisotopic (exact) mass is 339 g/mol. The maximum atomic E-state index is 13.0. The SMILES string of the molecule is N#Cc1cc(C(F)(F)F)cc(N2CCCC3(C2)NC(=O)NC3=O)n1. The largest absolute Gasteiger partial charge is 0.416 e. The molecule has 24 heavy (non-hydrogen) atoms. The van der Waals surface area contributed by atoms with Gasteiger partial charge in [0.1, 0.15) is 23.1 Å². The molecule has 3 amide bonds. The van der Waals surface area contributed by atoms with Crippen LogP contribution in [-0.4, -0.2) is 35.6 Å². The van der Waals surface area contributed by atoms with Gasteiger partial charge in [-0.1, -0.05) is 0 Å². The maximum Gasteiger partial charge on any atom is 0.416 e. The fourth-order valence-electron chi connectivity index (χ4n) is 2.97. The van der Waals surface area contributed by atoms with E-state index in [9.17, 15) is 22.8 Å². The summed E-state index contributed by atoms with van der Waals surface area (Å²) in [4.78, 5) is 28.8. The summed E-state index contributed by atoms with van der Waals surface area (Å²) in [5, 5.41) is 13.6. The summed E-state index contributed by atoms with van der Waals surface area (Å²) < 4.78 is 38.9. The Balaban J connectivity index is 1.96. The van der Waals surface area contributed by atoms with E-state index in [-0.39, 0.29) is 18.1 Å². The first-order valence-corrected chi connectivity index (χ1v) is 7.11. The van der Waals surface area contributed by atoms with Crippen molar-refractivity contribution in [2.75, 3.05) is 18.0 Å². The molecular weight excluding hydrogens is 327 g/mol. The highest BCUT2D eigenvalue weighted by Crippen LogP contribution is 2.33. The topological polar surface area (TPSA) is 98.1 Å². The standard InChI is InChI=1S/C14H12F3N5O2/c15-14(16,17)8-4-9(6-18)19-10(5-8)22-3-1-2-13(7-22)11(23)20-12(24)21-13/h4-5H,1-3,7H2,(H2,20,21,23,24). The average molecular weight is 339 g/mol. The molecule has 2 fully saturated rings. The molecule has 2 N–H and O–H groups in total. The smallest absolute Gasteiger partial charge is 0.354 e. The van der Waals surface area contributed by atoms with E-state index < -0.39 is 29.2 Å². The van der Waals surface area contributed by atoms with Crippen LogP contribution in [-0.2, 0) is 11.0 Å². The van der Waals surface area contributed by atoms with Gasteiger partial charge in [-0.05, 0) is 25.0 Å². The first kappa shape index (κ1) is 16.0. The molecule has 10 heteroatoms. The number of aromatic nitrogens is 1. The van der Waals surface area contributed by atoms with Crippen LogP contribution in [0.4, 0.5) is 23.8 Å².